The zero-order valence-electron chi connectivity index (χ0n) is 9.68. The van der Waals surface area contributed by atoms with Gasteiger partial charge in [-0.15, -0.1) is 0 Å². The molecule has 2 aromatic rings. The second-order valence-corrected chi connectivity index (χ2v) is 4.15. The summed E-state index contributed by atoms with van der Waals surface area (Å²) in [4.78, 5) is 0. The first kappa shape index (κ1) is 11.3. The van der Waals surface area contributed by atoms with Crippen LogP contribution in [0.25, 0.3) is 5.69 Å². The van der Waals surface area contributed by atoms with Crippen molar-refractivity contribution in [2.45, 2.75) is 19.8 Å². The maximum absolute atomic E-state index is 13.3. The van der Waals surface area contributed by atoms with Crippen LogP contribution in [0.15, 0.2) is 30.5 Å². The SMILES string of the molecule is CC(C)c1ccn(-c2cc(F)cc(C#N)c2)n1. The summed E-state index contributed by atoms with van der Waals surface area (Å²) < 4.78 is 14.9. The summed E-state index contributed by atoms with van der Waals surface area (Å²) in [5.74, 6) is -0.110. The number of rotatable bonds is 2. The molecule has 0 N–H and O–H groups in total. The van der Waals surface area contributed by atoms with Crippen LogP contribution in [-0.4, -0.2) is 9.78 Å². The standard InChI is InChI=1S/C13H12FN3/c1-9(2)13-3-4-17(16-13)12-6-10(8-15)5-11(14)7-12/h3-7,9H,1-2H3. The highest BCUT2D eigenvalue weighted by atomic mass is 19.1. The minimum atomic E-state index is -0.430. The molecule has 3 nitrogen and oxygen atoms in total. The molecule has 0 aliphatic rings. The van der Waals surface area contributed by atoms with Crippen molar-refractivity contribution in [1.29, 1.82) is 5.26 Å². The van der Waals surface area contributed by atoms with Gasteiger partial charge < -0.3 is 0 Å². The number of nitrogens with zero attached hydrogens (tertiary/aromatic N) is 3. The fraction of sp³-hybridized carbons (Fsp3) is 0.231. The molecule has 4 heteroatoms. The van der Waals surface area contributed by atoms with Crippen molar-refractivity contribution >= 4 is 0 Å². The van der Waals surface area contributed by atoms with Gasteiger partial charge in [0.2, 0.25) is 0 Å². The van der Waals surface area contributed by atoms with Crippen molar-refractivity contribution in [3.63, 3.8) is 0 Å². The maximum atomic E-state index is 13.3. The minimum absolute atomic E-state index is 0.293. The predicted octanol–water partition coefficient (Wildman–Crippen LogP) is 3.01. The number of hydrogen-bond donors (Lipinski definition) is 0. The molecule has 0 unspecified atom stereocenters. The normalized spacial score (nSPS) is 10.5. The highest BCUT2D eigenvalue weighted by Gasteiger charge is 2.06. The van der Waals surface area contributed by atoms with Crippen LogP contribution >= 0.6 is 0 Å². The largest absolute Gasteiger partial charge is 0.241 e. The van der Waals surface area contributed by atoms with Gasteiger partial charge in [0.15, 0.2) is 0 Å². The molecule has 0 saturated carbocycles. The molecule has 0 saturated heterocycles. The Hall–Kier alpha value is -2.15. The molecule has 1 aromatic heterocycles. The fourth-order valence-corrected chi connectivity index (χ4v) is 1.56. The molecular weight excluding hydrogens is 217 g/mol. The number of hydrogen-bond acceptors (Lipinski definition) is 2. The second-order valence-electron chi connectivity index (χ2n) is 4.15. The van der Waals surface area contributed by atoms with Crippen LogP contribution in [0.3, 0.4) is 0 Å². The van der Waals surface area contributed by atoms with Crippen LogP contribution in [0.1, 0.15) is 31.0 Å². The lowest BCUT2D eigenvalue weighted by molar-refractivity contribution is 0.624. The first-order valence-electron chi connectivity index (χ1n) is 5.37. The Bertz CT molecular complexity index is 579. The first-order chi connectivity index (χ1) is 8.10. The van der Waals surface area contributed by atoms with E-state index in [1.54, 1.807) is 16.9 Å². The first-order valence-corrected chi connectivity index (χ1v) is 5.37. The molecule has 0 aliphatic heterocycles. The summed E-state index contributed by atoms with van der Waals surface area (Å²) in [6.45, 7) is 4.08. The van der Waals surface area contributed by atoms with Gasteiger partial charge in [0.25, 0.3) is 0 Å². The van der Waals surface area contributed by atoms with Gasteiger partial charge in [-0.3, -0.25) is 0 Å². The van der Waals surface area contributed by atoms with Crippen LogP contribution in [0.2, 0.25) is 0 Å². The van der Waals surface area contributed by atoms with E-state index in [9.17, 15) is 4.39 Å². The van der Waals surface area contributed by atoms with E-state index < -0.39 is 5.82 Å². The summed E-state index contributed by atoms with van der Waals surface area (Å²) in [5, 5.41) is 13.1. The van der Waals surface area contributed by atoms with E-state index in [0.29, 0.717) is 17.2 Å². The average Bonchev–Trinajstić information content (AvgIpc) is 2.77. The average molecular weight is 229 g/mol. The third kappa shape index (κ3) is 2.34. The number of benzene rings is 1. The van der Waals surface area contributed by atoms with Gasteiger partial charge in [-0.1, -0.05) is 13.8 Å². The summed E-state index contributed by atoms with van der Waals surface area (Å²) in [5.41, 5.74) is 1.79. The topological polar surface area (TPSA) is 41.6 Å². The minimum Gasteiger partial charge on any atom is -0.241 e. The van der Waals surface area contributed by atoms with Gasteiger partial charge in [0, 0.05) is 6.20 Å². The van der Waals surface area contributed by atoms with Crippen LogP contribution in [0.5, 0.6) is 0 Å². The molecule has 1 heterocycles. The van der Waals surface area contributed by atoms with Crippen LogP contribution < -0.4 is 0 Å². The predicted molar refractivity (Wildman–Crippen MR) is 62.3 cm³/mol. The van der Waals surface area contributed by atoms with E-state index in [0.717, 1.165) is 5.69 Å². The van der Waals surface area contributed by atoms with E-state index in [-0.39, 0.29) is 0 Å². The summed E-state index contributed by atoms with van der Waals surface area (Å²) in [6.07, 6.45) is 1.77. The molecule has 0 amide bonds. The number of halogens is 1. The highest BCUT2D eigenvalue weighted by molar-refractivity contribution is 5.41. The Labute approximate surface area is 99.1 Å². The third-order valence-corrected chi connectivity index (χ3v) is 2.48. The second kappa shape index (κ2) is 4.38. The monoisotopic (exact) mass is 229 g/mol. The smallest absolute Gasteiger partial charge is 0.126 e. The van der Waals surface area contributed by atoms with Crippen molar-refractivity contribution in [1.82, 2.24) is 9.78 Å². The lowest BCUT2D eigenvalue weighted by Gasteiger charge is -2.03. The Balaban J connectivity index is 2.45. The van der Waals surface area contributed by atoms with Gasteiger partial charge in [-0.2, -0.15) is 10.4 Å². The van der Waals surface area contributed by atoms with Crippen molar-refractivity contribution in [3.8, 4) is 11.8 Å². The third-order valence-electron chi connectivity index (χ3n) is 2.48. The van der Waals surface area contributed by atoms with Gasteiger partial charge in [-0.25, -0.2) is 9.07 Å². The lowest BCUT2D eigenvalue weighted by atomic mass is 10.1. The maximum Gasteiger partial charge on any atom is 0.126 e. The van der Waals surface area contributed by atoms with Crippen LogP contribution in [0.4, 0.5) is 4.39 Å². The van der Waals surface area contributed by atoms with Gasteiger partial charge >= 0.3 is 0 Å². The van der Waals surface area contributed by atoms with Gasteiger partial charge in [0.1, 0.15) is 5.82 Å². The molecule has 0 bridgehead atoms. The van der Waals surface area contributed by atoms with Crippen molar-refractivity contribution in [2.24, 2.45) is 0 Å². The fourth-order valence-electron chi connectivity index (χ4n) is 1.56. The molecule has 0 radical (unpaired) electrons. The van der Waals surface area contributed by atoms with E-state index in [4.69, 9.17) is 5.26 Å². The van der Waals surface area contributed by atoms with E-state index >= 15 is 0 Å². The molecule has 0 aliphatic carbocycles. The molecule has 2 rings (SSSR count). The van der Waals surface area contributed by atoms with E-state index in [1.807, 2.05) is 26.0 Å². The summed E-state index contributed by atoms with van der Waals surface area (Å²) in [6, 6.07) is 7.99. The molecule has 1 aromatic carbocycles. The van der Waals surface area contributed by atoms with Crippen LogP contribution in [-0.2, 0) is 0 Å². The molecule has 86 valence electrons. The highest BCUT2D eigenvalue weighted by Crippen LogP contribution is 2.16. The van der Waals surface area contributed by atoms with E-state index in [1.165, 1.54) is 12.1 Å². The van der Waals surface area contributed by atoms with Crippen molar-refractivity contribution in [3.05, 3.63) is 47.5 Å². The molecule has 0 spiro atoms. The summed E-state index contributed by atoms with van der Waals surface area (Å²) >= 11 is 0. The molecule has 17 heavy (non-hydrogen) atoms. The summed E-state index contributed by atoms with van der Waals surface area (Å²) in [7, 11) is 0. The van der Waals surface area contributed by atoms with Crippen molar-refractivity contribution in [2.75, 3.05) is 0 Å². The number of aromatic nitrogens is 2. The number of nitriles is 1. The molecule has 0 fully saturated rings. The lowest BCUT2D eigenvalue weighted by Crippen LogP contribution is -1.98. The Morgan fingerprint density at radius 1 is 1.35 bits per heavy atom. The Morgan fingerprint density at radius 2 is 2.12 bits per heavy atom. The zero-order chi connectivity index (χ0) is 12.4. The molecule has 0 atom stereocenters. The quantitative estimate of drug-likeness (QED) is 0.794. The van der Waals surface area contributed by atoms with Crippen LogP contribution in [0, 0.1) is 17.1 Å². The van der Waals surface area contributed by atoms with Gasteiger partial charge in [0.05, 0.1) is 23.0 Å². The molecular formula is C13H12FN3. The Kier molecular flexibility index (Phi) is 2.92. The van der Waals surface area contributed by atoms with Gasteiger partial charge in [-0.05, 0) is 30.2 Å². The zero-order valence-corrected chi connectivity index (χ0v) is 9.68. The van der Waals surface area contributed by atoms with Crippen molar-refractivity contribution < 1.29 is 4.39 Å². The van der Waals surface area contributed by atoms with E-state index in [2.05, 4.69) is 5.10 Å². The Morgan fingerprint density at radius 3 is 2.71 bits per heavy atom.